The zero-order valence-electron chi connectivity index (χ0n) is 13.3. The average Bonchev–Trinajstić information content (AvgIpc) is 3.32. The highest BCUT2D eigenvalue weighted by Gasteiger charge is 2.37. The van der Waals surface area contributed by atoms with Crippen LogP contribution >= 0.6 is 0 Å². The molecule has 1 aliphatic heterocycles. The molecule has 0 aromatic carbocycles. The van der Waals surface area contributed by atoms with Crippen molar-refractivity contribution in [3.05, 3.63) is 0 Å². The molecule has 4 heteroatoms. The van der Waals surface area contributed by atoms with E-state index in [-0.39, 0.29) is 12.0 Å². The van der Waals surface area contributed by atoms with Crippen LogP contribution in [0.2, 0.25) is 0 Å². The summed E-state index contributed by atoms with van der Waals surface area (Å²) in [6.45, 7) is 1.58. The van der Waals surface area contributed by atoms with Crippen molar-refractivity contribution in [1.29, 1.82) is 0 Å². The predicted octanol–water partition coefficient (Wildman–Crippen LogP) is 2.01. The molecular formula is C17H30N2O2. The van der Waals surface area contributed by atoms with Gasteiger partial charge in [-0.2, -0.15) is 0 Å². The summed E-state index contributed by atoms with van der Waals surface area (Å²) in [5, 5.41) is 10.4. The van der Waals surface area contributed by atoms with Gasteiger partial charge in [-0.3, -0.25) is 9.69 Å². The molecule has 120 valence electrons. The van der Waals surface area contributed by atoms with Crippen LogP contribution in [0.4, 0.5) is 0 Å². The second-order valence-corrected chi connectivity index (χ2v) is 7.29. The van der Waals surface area contributed by atoms with Crippen LogP contribution in [0.5, 0.6) is 0 Å². The van der Waals surface area contributed by atoms with Gasteiger partial charge in [-0.25, -0.2) is 0 Å². The molecule has 3 fully saturated rings. The van der Waals surface area contributed by atoms with Crippen molar-refractivity contribution in [2.45, 2.75) is 76.0 Å². The fourth-order valence-electron chi connectivity index (χ4n) is 4.24. The lowest BCUT2D eigenvalue weighted by molar-refractivity contribution is -0.133. The van der Waals surface area contributed by atoms with Crippen LogP contribution in [0.15, 0.2) is 0 Å². The van der Waals surface area contributed by atoms with Gasteiger partial charge in [0.05, 0.1) is 12.6 Å². The Hall–Kier alpha value is -0.610. The van der Waals surface area contributed by atoms with E-state index in [9.17, 15) is 9.90 Å². The number of carbonyl (C=O) groups is 1. The van der Waals surface area contributed by atoms with Gasteiger partial charge in [0, 0.05) is 25.0 Å². The molecule has 0 spiro atoms. The van der Waals surface area contributed by atoms with E-state index in [2.05, 4.69) is 4.90 Å². The second-order valence-electron chi connectivity index (χ2n) is 7.29. The maximum absolute atomic E-state index is 12.4. The number of amides is 1. The van der Waals surface area contributed by atoms with E-state index in [1.54, 1.807) is 0 Å². The Labute approximate surface area is 128 Å². The van der Waals surface area contributed by atoms with Gasteiger partial charge in [0.25, 0.3) is 0 Å². The molecule has 2 saturated carbocycles. The summed E-state index contributed by atoms with van der Waals surface area (Å²) < 4.78 is 0. The summed E-state index contributed by atoms with van der Waals surface area (Å²) >= 11 is 0. The first kappa shape index (κ1) is 15.3. The molecule has 1 heterocycles. The molecule has 0 aromatic rings. The summed E-state index contributed by atoms with van der Waals surface area (Å²) in [4.78, 5) is 16.8. The minimum Gasteiger partial charge on any atom is -0.393 e. The van der Waals surface area contributed by atoms with Crippen molar-refractivity contribution in [2.75, 3.05) is 20.1 Å². The lowest BCUT2D eigenvalue weighted by Crippen LogP contribution is -2.52. The zero-order valence-corrected chi connectivity index (χ0v) is 13.3. The van der Waals surface area contributed by atoms with Crippen LogP contribution in [-0.4, -0.2) is 59.1 Å². The Bertz CT molecular complexity index is 370. The number of rotatable bonds is 4. The Morgan fingerprint density at radius 1 is 1.10 bits per heavy atom. The van der Waals surface area contributed by atoms with Crippen molar-refractivity contribution >= 4 is 5.91 Å². The van der Waals surface area contributed by atoms with Crippen LogP contribution in [0.25, 0.3) is 0 Å². The third-order valence-electron chi connectivity index (χ3n) is 5.77. The van der Waals surface area contributed by atoms with E-state index in [0.29, 0.717) is 24.5 Å². The van der Waals surface area contributed by atoms with Gasteiger partial charge < -0.3 is 10.0 Å². The summed E-state index contributed by atoms with van der Waals surface area (Å²) in [5.74, 6) is 0.660. The molecule has 1 amide bonds. The van der Waals surface area contributed by atoms with Crippen LogP contribution in [0.3, 0.4) is 0 Å². The fraction of sp³-hybridized carbons (Fsp3) is 0.941. The van der Waals surface area contributed by atoms with E-state index in [1.165, 1.54) is 32.1 Å². The fourth-order valence-corrected chi connectivity index (χ4v) is 4.24. The Morgan fingerprint density at radius 2 is 1.81 bits per heavy atom. The molecule has 3 aliphatic rings. The summed E-state index contributed by atoms with van der Waals surface area (Å²) in [6.07, 6.45) is 10.3. The Morgan fingerprint density at radius 3 is 2.52 bits per heavy atom. The Kier molecular flexibility index (Phi) is 4.85. The zero-order chi connectivity index (χ0) is 14.8. The number of hydrogen-bond donors (Lipinski definition) is 1. The van der Waals surface area contributed by atoms with Gasteiger partial charge in [0.1, 0.15) is 0 Å². The maximum atomic E-state index is 12.4. The highest BCUT2D eigenvalue weighted by molar-refractivity contribution is 5.78. The molecule has 4 nitrogen and oxygen atoms in total. The van der Waals surface area contributed by atoms with Gasteiger partial charge in [0.2, 0.25) is 5.91 Å². The highest BCUT2D eigenvalue weighted by Crippen LogP contribution is 2.34. The first-order chi connectivity index (χ1) is 10.2. The van der Waals surface area contributed by atoms with Crippen LogP contribution in [-0.2, 0) is 4.79 Å². The Balaban J connectivity index is 1.61. The van der Waals surface area contributed by atoms with Crippen molar-refractivity contribution in [3.8, 4) is 0 Å². The molecule has 3 rings (SSSR count). The minimum absolute atomic E-state index is 0.152. The molecule has 0 radical (unpaired) electrons. The summed E-state index contributed by atoms with van der Waals surface area (Å²) in [5.41, 5.74) is 0. The standard InChI is InChI=1S/C17H30N2O2/c1-18(13-9-10-13)17(21)12-19-11-5-4-7-15(19)14-6-2-3-8-16(14)20/h13-16,20H,2-12H2,1H3. The first-order valence-corrected chi connectivity index (χ1v) is 8.84. The monoisotopic (exact) mass is 294 g/mol. The van der Waals surface area contributed by atoms with Crippen molar-refractivity contribution in [3.63, 3.8) is 0 Å². The maximum Gasteiger partial charge on any atom is 0.236 e. The third-order valence-corrected chi connectivity index (χ3v) is 5.77. The number of piperidine rings is 1. The molecule has 3 atom stereocenters. The molecular weight excluding hydrogens is 264 g/mol. The summed E-state index contributed by atoms with van der Waals surface area (Å²) in [7, 11) is 1.95. The number of likely N-dealkylation sites (N-methyl/N-ethyl adjacent to an activating group) is 1. The third kappa shape index (κ3) is 3.59. The average molecular weight is 294 g/mol. The van der Waals surface area contributed by atoms with Crippen LogP contribution in [0, 0.1) is 5.92 Å². The first-order valence-electron chi connectivity index (χ1n) is 8.84. The van der Waals surface area contributed by atoms with E-state index in [4.69, 9.17) is 0 Å². The predicted molar refractivity (Wildman–Crippen MR) is 83.0 cm³/mol. The van der Waals surface area contributed by atoms with Gasteiger partial charge >= 0.3 is 0 Å². The van der Waals surface area contributed by atoms with Crippen molar-refractivity contribution in [1.82, 2.24) is 9.80 Å². The minimum atomic E-state index is -0.152. The quantitative estimate of drug-likeness (QED) is 0.862. The summed E-state index contributed by atoms with van der Waals surface area (Å²) in [6, 6.07) is 0.923. The van der Waals surface area contributed by atoms with Gasteiger partial charge in [-0.1, -0.05) is 19.3 Å². The van der Waals surface area contributed by atoms with Crippen molar-refractivity contribution < 1.29 is 9.90 Å². The number of nitrogens with zero attached hydrogens (tertiary/aromatic N) is 2. The molecule has 21 heavy (non-hydrogen) atoms. The van der Waals surface area contributed by atoms with Gasteiger partial charge in [0.15, 0.2) is 0 Å². The highest BCUT2D eigenvalue weighted by atomic mass is 16.3. The molecule has 0 aromatic heterocycles. The van der Waals surface area contributed by atoms with Crippen LogP contribution < -0.4 is 0 Å². The second kappa shape index (κ2) is 6.66. The molecule has 2 aliphatic carbocycles. The smallest absolute Gasteiger partial charge is 0.236 e. The van der Waals surface area contributed by atoms with Crippen LogP contribution in [0.1, 0.15) is 57.8 Å². The molecule has 1 saturated heterocycles. The number of hydrogen-bond acceptors (Lipinski definition) is 3. The van der Waals surface area contributed by atoms with Crippen molar-refractivity contribution in [2.24, 2.45) is 5.92 Å². The van der Waals surface area contributed by atoms with Gasteiger partial charge in [-0.05, 0) is 45.1 Å². The SMILES string of the molecule is CN(C(=O)CN1CCCCC1C1CCCCC1O)C1CC1. The number of aliphatic hydroxyl groups excluding tert-OH is 1. The lowest BCUT2D eigenvalue weighted by atomic mass is 9.78. The number of likely N-dealkylation sites (tertiary alicyclic amines) is 1. The molecule has 0 bridgehead atoms. The largest absolute Gasteiger partial charge is 0.393 e. The van der Waals surface area contributed by atoms with E-state index in [1.807, 2.05) is 11.9 Å². The van der Waals surface area contributed by atoms with Gasteiger partial charge in [-0.15, -0.1) is 0 Å². The normalized spacial score (nSPS) is 34.7. The number of aliphatic hydroxyl groups is 1. The number of carbonyl (C=O) groups excluding carboxylic acids is 1. The topological polar surface area (TPSA) is 43.8 Å². The van der Waals surface area contributed by atoms with E-state index in [0.717, 1.165) is 32.2 Å². The van der Waals surface area contributed by atoms with E-state index >= 15 is 0 Å². The molecule has 1 N–H and O–H groups in total. The lowest BCUT2D eigenvalue weighted by Gasteiger charge is -2.43. The van der Waals surface area contributed by atoms with E-state index < -0.39 is 0 Å². The molecule has 3 unspecified atom stereocenters.